The molecule has 7 atom stereocenters. The van der Waals surface area contributed by atoms with Crippen LogP contribution in [-0.4, -0.2) is 23.9 Å². The van der Waals surface area contributed by atoms with Gasteiger partial charge in [-0.15, -0.1) is 0 Å². The van der Waals surface area contributed by atoms with Crippen LogP contribution in [0.15, 0.2) is 11.6 Å². The third kappa shape index (κ3) is 2.46. The SMILES string of the molecule is CC(=O)N(C)C1CCC2(C)C(CCC3C4CC=C(C)C4(C)CCC32)C1. The first-order valence-electron chi connectivity index (χ1n) is 10.7. The molecular weight excluding hydrogens is 306 g/mol. The number of hydrogen-bond acceptors (Lipinski definition) is 1. The van der Waals surface area contributed by atoms with Crippen molar-refractivity contribution in [1.82, 2.24) is 4.90 Å². The molecule has 0 bridgehead atoms. The van der Waals surface area contributed by atoms with Gasteiger partial charge in [0.05, 0.1) is 0 Å². The van der Waals surface area contributed by atoms with Gasteiger partial charge in [-0.1, -0.05) is 25.5 Å². The maximum absolute atomic E-state index is 11.8. The molecule has 0 radical (unpaired) electrons. The maximum Gasteiger partial charge on any atom is 0.219 e. The Morgan fingerprint density at radius 1 is 1.12 bits per heavy atom. The fourth-order valence-electron chi connectivity index (χ4n) is 7.63. The molecule has 4 aliphatic rings. The highest BCUT2D eigenvalue weighted by molar-refractivity contribution is 5.73. The summed E-state index contributed by atoms with van der Waals surface area (Å²) in [7, 11) is 2.01. The molecule has 0 heterocycles. The van der Waals surface area contributed by atoms with Crippen molar-refractivity contribution in [2.24, 2.45) is 34.5 Å². The van der Waals surface area contributed by atoms with Gasteiger partial charge in [0.15, 0.2) is 0 Å². The second kappa shape index (κ2) is 5.86. The lowest BCUT2D eigenvalue weighted by Gasteiger charge is -2.61. The summed E-state index contributed by atoms with van der Waals surface area (Å²) in [6.07, 6.45) is 13.3. The van der Waals surface area contributed by atoms with E-state index in [0.717, 1.165) is 23.7 Å². The summed E-state index contributed by atoms with van der Waals surface area (Å²) in [5.74, 6) is 3.84. The number of rotatable bonds is 1. The van der Waals surface area contributed by atoms with E-state index >= 15 is 0 Å². The van der Waals surface area contributed by atoms with E-state index in [4.69, 9.17) is 0 Å². The summed E-state index contributed by atoms with van der Waals surface area (Å²) in [6, 6.07) is 0.483. The van der Waals surface area contributed by atoms with Crippen LogP contribution in [0, 0.1) is 34.5 Å². The largest absolute Gasteiger partial charge is 0.343 e. The van der Waals surface area contributed by atoms with Crippen molar-refractivity contribution < 1.29 is 4.79 Å². The van der Waals surface area contributed by atoms with E-state index in [1.54, 1.807) is 12.5 Å². The molecule has 7 unspecified atom stereocenters. The molecule has 1 amide bonds. The minimum Gasteiger partial charge on any atom is -0.343 e. The summed E-state index contributed by atoms with van der Waals surface area (Å²) in [6.45, 7) is 9.29. The van der Waals surface area contributed by atoms with Crippen LogP contribution in [0.3, 0.4) is 0 Å². The van der Waals surface area contributed by atoms with Crippen LogP contribution in [0.25, 0.3) is 0 Å². The van der Waals surface area contributed by atoms with Crippen molar-refractivity contribution >= 4 is 5.91 Å². The molecule has 0 aliphatic heterocycles. The number of carbonyl (C=O) groups is 1. The lowest BCUT2D eigenvalue weighted by atomic mass is 9.44. The van der Waals surface area contributed by atoms with E-state index < -0.39 is 0 Å². The summed E-state index contributed by atoms with van der Waals surface area (Å²) < 4.78 is 0. The average Bonchev–Trinajstić information content (AvgIpc) is 2.88. The number of amides is 1. The van der Waals surface area contributed by atoms with Crippen molar-refractivity contribution in [3.8, 4) is 0 Å². The molecule has 2 heteroatoms. The first-order valence-corrected chi connectivity index (χ1v) is 10.7. The Hall–Kier alpha value is -0.790. The van der Waals surface area contributed by atoms with Gasteiger partial charge in [-0.3, -0.25) is 4.79 Å². The minimum atomic E-state index is 0.239. The highest BCUT2D eigenvalue weighted by Crippen LogP contribution is 2.66. The Labute approximate surface area is 154 Å². The fraction of sp³-hybridized carbons (Fsp3) is 0.870. The third-order valence-corrected chi connectivity index (χ3v) is 9.65. The molecule has 3 fully saturated rings. The van der Waals surface area contributed by atoms with Gasteiger partial charge in [0, 0.05) is 20.0 Å². The molecule has 140 valence electrons. The zero-order valence-corrected chi connectivity index (χ0v) is 17.0. The van der Waals surface area contributed by atoms with Crippen molar-refractivity contribution in [2.75, 3.05) is 7.05 Å². The Bertz CT molecular complexity index is 595. The average molecular weight is 344 g/mol. The van der Waals surface area contributed by atoms with Crippen LogP contribution in [0.2, 0.25) is 0 Å². The lowest BCUT2D eigenvalue weighted by Crippen LogP contribution is -2.55. The molecule has 0 aromatic heterocycles. The van der Waals surface area contributed by atoms with E-state index in [1.807, 2.05) is 11.9 Å². The Morgan fingerprint density at radius 2 is 1.88 bits per heavy atom. The standard InChI is InChI=1S/C23H37NO/c1-15-6-9-20-19-8-7-17-14-18(24(5)16(2)25)10-12-23(17,4)21(19)11-13-22(15,20)3/h6,17-21H,7-14H2,1-5H3. The lowest BCUT2D eigenvalue weighted by molar-refractivity contribution is -0.136. The smallest absolute Gasteiger partial charge is 0.219 e. The van der Waals surface area contributed by atoms with E-state index in [0.29, 0.717) is 16.9 Å². The molecule has 4 rings (SSSR count). The molecule has 0 spiro atoms. The van der Waals surface area contributed by atoms with Gasteiger partial charge in [0.2, 0.25) is 5.91 Å². The summed E-state index contributed by atoms with van der Waals surface area (Å²) >= 11 is 0. The zero-order chi connectivity index (χ0) is 18.0. The predicted molar refractivity (Wildman–Crippen MR) is 103 cm³/mol. The number of allylic oxidation sites excluding steroid dienone is 2. The topological polar surface area (TPSA) is 20.3 Å². The maximum atomic E-state index is 11.8. The Kier molecular flexibility index (Phi) is 4.13. The second-order valence-electron chi connectivity index (χ2n) is 10.3. The Balaban J connectivity index is 1.54. The minimum absolute atomic E-state index is 0.239. The van der Waals surface area contributed by atoms with Gasteiger partial charge in [0.1, 0.15) is 0 Å². The van der Waals surface area contributed by atoms with Crippen LogP contribution in [-0.2, 0) is 4.79 Å². The van der Waals surface area contributed by atoms with Gasteiger partial charge in [-0.25, -0.2) is 0 Å². The normalized spacial score (nSPS) is 48.8. The van der Waals surface area contributed by atoms with Crippen molar-refractivity contribution in [3.05, 3.63) is 11.6 Å². The van der Waals surface area contributed by atoms with E-state index in [-0.39, 0.29) is 5.91 Å². The van der Waals surface area contributed by atoms with Crippen LogP contribution < -0.4 is 0 Å². The fourth-order valence-corrected chi connectivity index (χ4v) is 7.63. The highest BCUT2D eigenvalue weighted by Gasteiger charge is 2.58. The molecule has 3 saturated carbocycles. The molecule has 4 aliphatic carbocycles. The summed E-state index contributed by atoms with van der Waals surface area (Å²) in [5, 5.41) is 0. The highest BCUT2D eigenvalue weighted by atomic mass is 16.2. The van der Waals surface area contributed by atoms with E-state index in [2.05, 4.69) is 26.8 Å². The van der Waals surface area contributed by atoms with Crippen molar-refractivity contribution in [1.29, 1.82) is 0 Å². The molecular formula is C23H37NO. The predicted octanol–water partition coefficient (Wildman–Crippen LogP) is 5.43. The van der Waals surface area contributed by atoms with Crippen molar-refractivity contribution in [3.63, 3.8) is 0 Å². The molecule has 25 heavy (non-hydrogen) atoms. The van der Waals surface area contributed by atoms with Gasteiger partial charge >= 0.3 is 0 Å². The third-order valence-electron chi connectivity index (χ3n) is 9.65. The number of hydrogen-bond donors (Lipinski definition) is 0. The first kappa shape index (κ1) is 17.6. The van der Waals surface area contributed by atoms with Crippen LogP contribution in [0.1, 0.15) is 79.1 Å². The quantitative estimate of drug-likeness (QED) is 0.581. The van der Waals surface area contributed by atoms with E-state index in [9.17, 15) is 4.79 Å². The van der Waals surface area contributed by atoms with Gasteiger partial charge in [0.25, 0.3) is 0 Å². The molecule has 0 aromatic rings. The zero-order valence-electron chi connectivity index (χ0n) is 17.0. The molecule has 0 aromatic carbocycles. The first-order chi connectivity index (χ1) is 11.8. The van der Waals surface area contributed by atoms with Gasteiger partial charge in [-0.2, -0.15) is 0 Å². The van der Waals surface area contributed by atoms with Crippen LogP contribution in [0.5, 0.6) is 0 Å². The molecule has 2 nitrogen and oxygen atoms in total. The number of fused-ring (bicyclic) bond motifs is 5. The van der Waals surface area contributed by atoms with Crippen LogP contribution >= 0.6 is 0 Å². The van der Waals surface area contributed by atoms with Crippen molar-refractivity contribution in [2.45, 2.75) is 85.1 Å². The van der Waals surface area contributed by atoms with Gasteiger partial charge in [-0.05, 0) is 92.8 Å². The number of nitrogens with zero attached hydrogens (tertiary/aromatic N) is 1. The second-order valence-corrected chi connectivity index (χ2v) is 10.3. The van der Waals surface area contributed by atoms with Gasteiger partial charge < -0.3 is 4.90 Å². The molecule has 0 N–H and O–H groups in total. The summed E-state index contributed by atoms with van der Waals surface area (Å²) in [4.78, 5) is 13.8. The molecule has 0 saturated heterocycles. The monoisotopic (exact) mass is 343 g/mol. The van der Waals surface area contributed by atoms with Crippen LogP contribution in [0.4, 0.5) is 0 Å². The van der Waals surface area contributed by atoms with E-state index in [1.165, 1.54) is 51.4 Å². The Morgan fingerprint density at radius 3 is 2.60 bits per heavy atom. The number of carbonyl (C=O) groups excluding carboxylic acids is 1. The summed E-state index contributed by atoms with van der Waals surface area (Å²) in [5.41, 5.74) is 2.70.